The summed E-state index contributed by atoms with van der Waals surface area (Å²) in [6.45, 7) is 5.34. The van der Waals surface area contributed by atoms with Gasteiger partial charge >= 0.3 is 0 Å². The van der Waals surface area contributed by atoms with Crippen molar-refractivity contribution in [3.63, 3.8) is 0 Å². The Balaban J connectivity index is 1.62. The number of hydrazine groups is 1. The summed E-state index contributed by atoms with van der Waals surface area (Å²) >= 11 is 0. The number of rotatable bonds is 7. The quantitative estimate of drug-likeness (QED) is 0.567. The first-order valence-corrected chi connectivity index (χ1v) is 8.84. The van der Waals surface area contributed by atoms with Gasteiger partial charge < -0.3 is 0 Å². The van der Waals surface area contributed by atoms with Crippen molar-refractivity contribution < 1.29 is 13.0 Å². The van der Waals surface area contributed by atoms with Gasteiger partial charge in [0, 0.05) is 39.3 Å². The lowest BCUT2D eigenvalue weighted by Crippen LogP contribution is -2.51. The first-order valence-electron chi connectivity index (χ1n) is 7.23. The van der Waals surface area contributed by atoms with E-state index in [2.05, 4.69) is 39.6 Å². The van der Waals surface area contributed by atoms with Crippen molar-refractivity contribution in [1.29, 1.82) is 0 Å². The Morgan fingerprint density at radius 1 is 1.10 bits per heavy atom. The standard InChI is InChI=1S/C14H23N3O3S/c18-21(19,20)12-4-7-15-17-10-8-16(9-11-17)13-14-5-2-1-3-6-14/h1-3,5-6,15H,4,7-13H2,(H,18,19,20). The van der Waals surface area contributed by atoms with Crippen LogP contribution < -0.4 is 5.43 Å². The molecular weight excluding hydrogens is 290 g/mol. The Labute approximate surface area is 126 Å². The van der Waals surface area contributed by atoms with Crippen molar-refractivity contribution in [1.82, 2.24) is 15.3 Å². The number of piperazine rings is 1. The van der Waals surface area contributed by atoms with Crippen molar-refractivity contribution in [2.45, 2.75) is 13.0 Å². The van der Waals surface area contributed by atoms with Crippen molar-refractivity contribution in [2.75, 3.05) is 38.5 Å². The molecule has 1 aromatic rings. The van der Waals surface area contributed by atoms with Gasteiger partial charge in [0.25, 0.3) is 10.1 Å². The van der Waals surface area contributed by atoms with Gasteiger partial charge in [-0.05, 0) is 12.0 Å². The van der Waals surface area contributed by atoms with Crippen LogP contribution in [0.15, 0.2) is 30.3 Å². The van der Waals surface area contributed by atoms with E-state index >= 15 is 0 Å². The van der Waals surface area contributed by atoms with E-state index in [-0.39, 0.29) is 5.75 Å². The van der Waals surface area contributed by atoms with Crippen LogP contribution in [0.4, 0.5) is 0 Å². The molecule has 0 aliphatic carbocycles. The van der Waals surface area contributed by atoms with Crippen molar-refractivity contribution in [2.24, 2.45) is 0 Å². The van der Waals surface area contributed by atoms with Gasteiger partial charge in [-0.2, -0.15) is 8.42 Å². The normalized spacial score (nSPS) is 18.0. The zero-order valence-corrected chi connectivity index (χ0v) is 12.9. The summed E-state index contributed by atoms with van der Waals surface area (Å²) in [7, 11) is -3.84. The van der Waals surface area contributed by atoms with Crippen LogP contribution in [-0.2, 0) is 16.7 Å². The Morgan fingerprint density at radius 3 is 2.38 bits per heavy atom. The summed E-state index contributed by atoms with van der Waals surface area (Å²) in [6, 6.07) is 10.4. The van der Waals surface area contributed by atoms with E-state index in [0.29, 0.717) is 13.0 Å². The fraction of sp³-hybridized carbons (Fsp3) is 0.571. The predicted molar refractivity (Wildman–Crippen MR) is 82.3 cm³/mol. The van der Waals surface area contributed by atoms with Crippen LogP contribution in [0.5, 0.6) is 0 Å². The maximum atomic E-state index is 10.6. The fourth-order valence-electron chi connectivity index (χ4n) is 2.40. The van der Waals surface area contributed by atoms with Gasteiger partial charge in [-0.15, -0.1) is 0 Å². The molecule has 0 saturated carbocycles. The average molecular weight is 313 g/mol. The average Bonchev–Trinajstić information content (AvgIpc) is 2.45. The molecule has 21 heavy (non-hydrogen) atoms. The molecule has 1 aliphatic rings. The Hall–Kier alpha value is -0.990. The lowest BCUT2D eigenvalue weighted by Gasteiger charge is -2.34. The molecular formula is C14H23N3O3S. The summed E-state index contributed by atoms with van der Waals surface area (Å²) in [6.07, 6.45) is 0.420. The van der Waals surface area contributed by atoms with E-state index in [9.17, 15) is 8.42 Å². The van der Waals surface area contributed by atoms with Crippen LogP contribution >= 0.6 is 0 Å². The van der Waals surface area contributed by atoms with Gasteiger partial charge in [0.05, 0.1) is 5.75 Å². The molecule has 6 nitrogen and oxygen atoms in total. The Morgan fingerprint density at radius 2 is 1.76 bits per heavy atom. The van der Waals surface area contributed by atoms with Crippen LogP contribution in [0.1, 0.15) is 12.0 Å². The number of hydrogen-bond donors (Lipinski definition) is 2. The monoisotopic (exact) mass is 313 g/mol. The summed E-state index contributed by atoms with van der Waals surface area (Å²) in [5, 5.41) is 2.12. The van der Waals surface area contributed by atoms with E-state index in [0.717, 1.165) is 32.7 Å². The zero-order valence-electron chi connectivity index (χ0n) is 12.1. The van der Waals surface area contributed by atoms with Gasteiger partial charge in [0.2, 0.25) is 0 Å². The minimum absolute atomic E-state index is 0.187. The van der Waals surface area contributed by atoms with E-state index in [4.69, 9.17) is 4.55 Å². The molecule has 2 rings (SSSR count). The Bertz CT molecular complexity index is 514. The SMILES string of the molecule is O=S(=O)(O)CCCNN1CCN(Cc2ccccc2)CC1. The maximum Gasteiger partial charge on any atom is 0.264 e. The maximum absolute atomic E-state index is 10.6. The molecule has 0 unspecified atom stereocenters. The molecule has 1 aromatic carbocycles. The molecule has 1 saturated heterocycles. The molecule has 0 atom stereocenters. The third-order valence-corrected chi connectivity index (χ3v) is 4.34. The fourth-order valence-corrected chi connectivity index (χ4v) is 2.91. The van der Waals surface area contributed by atoms with Crippen LogP contribution in [0.3, 0.4) is 0 Å². The molecule has 0 amide bonds. The molecule has 2 N–H and O–H groups in total. The molecule has 0 aromatic heterocycles. The highest BCUT2D eigenvalue weighted by Gasteiger charge is 2.16. The zero-order chi connectivity index (χ0) is 15.1. The van der Waals surface area contributed by atoms with Crippen molar-refractivity contribution >= 4 is 10.1 Å². The van der Waals surface area contributed by atoms with Crippen LogP contribution in [0, 0.1) is 0 Å². The summed E-state index contributed by atoms with van der Waals surface area (Å²) in [4.78, 5) is 2.41. The molecule has 118 valence electrons. The predicted octanol–water partition coefficient (Wildman–Crippen LogP) is 0.587. The molecule has 0 bridgehead atoms. The molecule has 7 heteroatoms. The van der Waals surface area contributed by atoms with Crippen LogP contribution in [-0.4, -0.2) is 61.4 Å². The molecule has 1 fully saturated rings. The largest absolute Gasteiger partial charge is 0.296 e. The summed E-state index contributed by atoms with van der Waals surface area (Å²) in [5.74, 6) is -0.187. The minimum Gasteiger partial charge on any atom is -0.296 e. The number of nitrogens with one attached hydrogen (secondary N) is 1. The third-order valence-electron chi connectivity index (χ3n) is 3.54. The van der Waals surface area contributed by atoms with Gasteiger partial charge in [-0.25, -0.2) is 5.01 Å². The van der Waals surface area contributed by atoms with E-state index in [1.807, 2.05) is 6.07 Å². The van der Waals surface area contributed by atoms with Gasteiger partial charge in [0.15, 0.2) is 0 Å². The number of hydrogen-bond acceptors (Lipinski definition) is 5. The first kappa shape index (κ1) is 16.4. The number of benzene rings is 1. The highest BCUT2D eigenvalue weighted by Crippen LogP contribution is 2.07. The topological polar surface area (TPSA) is 72.9 Å². The smallest absolute Gasteiger partial charge is 0.264 e. The number of nitrogens with zero attached hydrogens (tertiary/aromatic N) is 2. The van der Waals surface area contributed by atoms with Crippen molar-refractivity contribution in [3.05, 3.63) is 35.9 Å². The first-order chi connectivity index (χ1) is 10.0. The highest BCUT2D eigenvalue weighted by molar-refractivity contribution is 7.85. The lowest BCUT2D eigenvalue weighted by atomic mass is 10.2. The van der Waals surface area contributed by atoms with Crippen LogP contribution in [0.25, 0.3) is 0 Å². The van der Waals surface area contributed by atoms with Gasteiger partial charge in [0.1, 0.15) is 0 Å². The summed E-state index contributed by atoms with van der Waals surface area (Å²) < 4.78 is 29.9. The third kappa shape index (κ3) is 6.54. The lowest BCUT2D eigenvalue weighted by molar-refractivity contribution is 0.0859. The van der Waals surface area contributed by atoms with E-state index < -0.39 is 10.1 Å². The highest BCUT2D eigenvalue weighted by atomic mass is 32.2. The van der Waals surface area contributed by atoms with Crippen molar-refractivity contribution in [3.8, 4) is 0 Å². The molecule has 0 radical (unpaired) electrons. The second-order valence-corrected chi connectivity index (χ2v) is 6.87. The molecule has 1 aliphatic heterocycles. The van der Waals surface area contributed by atoms with Gasteiger partial charge in [-0.3, -0.25) is 14.9 Å². The van der Waals surface area contributed by atoms with Crippen LogP contribution in [0.2, 0.25) is 0 Å². The summed E-state index contributed by atoms with van der Waals surface area (Å²) in [5.41, 5.74) is 4.54. The minimum atomic E-state index is -3.84. The van der Waals surface area contributed by atoms with E-state index in [1.165, 1.54) is 5.56 Å². The Kier molecular flexibility index (Phi) is 6.13. The second kappa shape index (κ2) is 7.86. The molecule has 0 spiro atoms. The van der Waals surface area contributed by atoms with Gasteiger partial charge in [-0.1, -0.05) is 30.3 Å². The second-order valence-electron chi connectivity index (χ2n) is 5.30. The van der Waals surface area contributed by atoms with E-state index in [1.54, 1.807) is 0 Å². The molecule has 1 heterocycles.